The molecule has 0 aliphatic carbocycles. The van der Waals surface area contributed by atoms with Crippen LogP contribution >= 0.6 is 0 Å². The van der Waals surface area contributed by atoms with E-state index in [4.69, 9.17) is 5.73 Å². The molecule has 0 saturated carbocycles. The number of sulfonamides is 1. The van der Waals surface area contributed by atoms with Gasteiger partial charge in [-0.1, -0.05) is 6.07 Å². The van der Waals surface area contributed by atoms with Gasteiger partial charge in [-0.2, -0.15) is 4.31 Å². The highest BCUT2D eigenvalue weighted by Crippen LogP contribution is 2.17. The summed E-state index contributed by atoms with van der Waals surface area (Å²) in [5.41, 5.74) is 5.55. The van der Waals surface area contributed by atoms with Crippen LogP contribution in [0.2, 0.25) is 0 Å². The average molecular weight is 370 g/mol. The van der Waals surface area contributed by atoms with Gasteiger partial charge in [-0.25, -0.2) is 13.4 Å². The van der Waals surface area contributed by atoms with Crippen LogP contribution in [0, 0.1) is 0 Å². The topological polar surface area (TPSA) is 143 Å². The lowest BCUT2D eigenvalue weighted by molar-refractivity contribution is -0.129. The van der Waals surface area contributed by atoms with Gasteiger partial charge < -0.3 is 16.2 Å². The maximum Gasteiger partial charge on any atom is 0.260 e. The van der Waals surface area contributed by atoms with Crippen molar-refractivity contribution in [2.45, 2.75) is 43.0 Å². The molecule has 1 fully saturated rings. The number of rotatable bonds is 5. The summed E-state index contributed by atoms with van der Waals surface area (Å²) in [6.07, 6.45) is 1.01. The van der Waals surface area contributed by atoms with Crippen molar-refractivity contribution in [1.82, 2.24) is 14.6 Å². The monoisotopic (exact) mass is 370 g/mol. The summed E-state index contributed by atoms with van der Waals surface area (Å²) in [6, 6.07) is 2.54. The summed E-state index contributed by atoms with van der Waals surface area (Å²) in [7, 11) is -3.88. The van der Waals surface area contributed by atoms with Crippen molar-refractivity contribution in [1.29, 1.82) is 0 Å². The highest BCUT2D eigenvalue weighted by Gasteiger charge is 2.34. The lowest BCUT2D eigenvalue weighted by atomic mass is 10.1. The van der Waals surface area contributed by atoms with Gasteiger partial charge in [0.1, 0.15) is 6.04 Å². The predicted molar refractivity (Wildman–Crippen MR) is 88.8 cm³/mol. The molecular weight excluding hydrogens is 348 g/mol. The van der Waals surface area contributed by atoms with Gasteiger partial charge in [-0.15, -0.1) is 0 Å². The zero-order chi connectivity index (χ0) is 18.6. The Hall–Kier alpha value is -1.88. The molecule has 138 valence electrons. The number of aliphatic hydroxyl groups excluding tert-OH is 1. The van der Waals surface area contributed by atoms with Crippen LogP contribution in [0.4, 0.5) is 0 Å². The molecule has 1 saturated heterocycles. The zero-order valence-electron chi connectivity index (χ0n) is 13.8. The number of aliphatic hydroxyl groups is 1. The number of pyridine rings is 1. The molecule has 0 spiro atoms. The SMILES string of the molecule is CC(O)[C@H](N)C(=O)NC1CCCN(S(=O)(=O)c2ccccn2)CC1=O. The van der Waals surface area contributed by atoms with Gasteiger partial charge in [0.15, 0.2) is 10.8 Å². The maximum absolute atomic E-state index is 12.6. The minimum atomic E-state index is -3.88. The summed E-state index contributed by atoms with van der Waals surface area (Å²) in [5, 5.41) is 11.7. The van der Waals surface area contributed by atoms with Crippen LogP contribution in [0.15, 0.2) is 29.4 Å². The summed E-state index contributed by atoms with van der Waals surface area (Å²) >= 11 is 0. The Labute approximate surface area is 146 Å². The molecule has 9 nitrogen and oxygen atoms in total. The number of nitrogens with zero attached hydrogens (tertiary/aromatic N) is 2. The first kappa shape index (κ1) is 19.4. The third-order valence-corrected chi connectivity index (χ3v) is 5.76. The van der Waals surface area contributed by atoms with Crippen molar-refractivity contribution in [2.24, 2.45) is 5.73 Å². The normalized spacial score (nSPS) is 22.0. The van der Waals surface area contributed by atoms with Crippen molar-refractivity contribution in [2.75, 3.05) is 13.1 Å². The summed E-state index contributed by atoms with van der Waals surface area (Å²) in [6.45, 7) is 1.17. The smallest absolute Gasteiger partial charge is 0.260 e. The summed E-state index contributed by atoms with van der Waals surface area (Å²) < 4.78 is 26.2. The molecule has 3 atom stereocenters. The van der Waals surface area contributed by atoms with Crippen LogP contribution in [-0.2, 0) is 19.6 Å². The minimum Gasteiger partial charge on any atom is -0.391 e. The average Bonchev–Trinajstić information content (AvgIpc) is 2.77. The first-order chi connectivity index (χ1) is 11.7. The molecule has 25 heavy (non-hydrogen) atoms. The molecule has 0 radical (unpaired) electrons. The second-order valence-corrected chi connectivity index (χ2v) is 7.83. The molecule has 1 aliphatic rings. The molecule has 0 bridgehead atoms. The molecule has 1 aromatic heterocycles. The Balaban J connectivity index is 2.10. The number of ketones is 1. The van der Waals surface area contributed by atoms with Gasteiger partial charge in [0.05, 0.1) is 18.7 Å². The van der Waals surface area contributed by atoms with E-state index in [9.17, 15) is 23.1 Å². The molecule has 1 aromatic rings. The van der Waals surface area contributed by atoms with Gasteiger partial charge >= 0.3 is 0 Å². The Bertz CT molecular complexity index is 723. The summed E-state index contributed by atoms with van der Waals surface area (Å²) in [4.78, 5) is 28.1. The van der Waals surface area contributed by atoms with Gasteiger partial charge in [-0.3, -0.25) is 9.59 Å². The zero-order valence-corrected chi connectivity index (χ0v) is 14.6. The summed E-state index contributed by atoms with van der Waals surface area (Å²) in [5.74, 6) is -1.07. The molecule has 4 N–H and O–H groups in total. The Morgan fingerprint density at radius 2 is 2.20 bits per heavy atom. The van der Waals surface area contributed by atoms with Gasteiger partial charge in [0.25, 0.3) is 10.0 Å². The number of amides is 1. The van der Waals surface area contributed by atoms with E-state index in [-0.39, 0.29) is 18.1 Å². The second kappa shape index (κ2) is 8.00. The van der Waals surface area contributed by atoms with E-state index in [1.54, 1.807) is 12.1 Å². The number of Topliss-reactive ketones (excluding diaryl/α,β-unsaturated/α-hetero) is 1. The van der Waals surface area contributed by atoms with E-state index in [2.05, 4.69) is 10.3 Å². The first-order valence-corrected chi connectivity index (χ1v) is 9.35. The van der Waals surface area contributed by atoms with E-state index >= 15 is 0 Å². The van der Waals surface area contributed by atoms with E-state index < -0.39 is 39.9 Å². The Morgan fingerprint density at radius 3 is 2.80 bits per heavy atom. The van der Waals surface area contributed by atoms with Crippen molar-refractivity contribution in [3.63, 3.8) is 0 Å². The van der Waals surface area contributed by atoms with Crippen molar-refractivity contribution in [3.8, 4) is 0 Å². The molecule has 2 unspecified atom stereocenters. The fourth-order valence-corrected chi connectivity index (χ4v) is 3.85. The third-order valence-electron chi connectivity index (χ3n) is 4.00. The Kier molecular flexibility index (Phi) is 6.22. The largest absolute Gasteiger partial charge is 0.391 e. The number of nitrogens with one attached hydrogen (secondary N) is 1. The standard InChI is InChI=1S/C15H22N4O5S/c1-10(20)14(16)15(22)18-11-5-4-8-19(9-12(11)21)25(23,24)13-6-2-3-7-17-13/h2-3,6-7,10-11,14,20H,4-5,8-9,16H2,1H3,(H,18,22)/t10?,11?,14-/m0/s1. The van der Waals surface area contributed by atoms with E-state index in [1.807, 2.05) is 0 Å². The second-order valence-electron chi connectivity index (χ2n) is 5.94. The quantitative estimate of drug-likeness (QED) is 0.580. The van der Waals surface area contributed by atoms with Crippen molar-refractivity contribution < 1.29 is 23.1 Å². The van der Waals surface area contributed by atoms with Crippen LogP contribution in [0.1, 0.15) is 19.8 Å². The highest BCUT2D eigenvalue weighted by molar-refractivity contribution is 7.89. The van der Waals surface area contributed by atoms with Gasteiger partial charge in [-0.05, 0) is 31.9 Å². The van der Waals surface area contributed by atoms with Crippen LogP contribution in [-0.4, -0.2) is 65.8 Å². The lowest BCUT2D eigenvalue weighted by Crippen LogP contribution is -2.53. The van der Waals surface area contributed by atoms with Gasteiger partial charge in [0.2, 0.25) is 5.91 Å². The fourth-order valence-electron chi connectivity index (χ4n) is 2.47. The van der Waals surface area contributed by atoms with E-state index in [0.29, 0.717) is 12.8 Å². The first-order valence-electron chi connectivity index (χ1n) is 7.91. The molecule has 10 heteroatoms. The molecule has 2 heterocycles. The predicted octanol–water partition coefficient (Wildman–Crippen LogP) is -1.37. The minimum absolute atomic E-state index is 0.124. The number of hydrogen-bond acceptors (Lipinski definition) is 7. The van der Waals surface area contributed by atoms with Crippen LogP contribution in [0.5, 0.6) is 0 Å². The van der Waals surface area contributed by atoms with E-state index in [0.717, 1.165) is 4.31 Å². The van der Waals surface area contributed by atoms with Crippen LogP contribution < -0.4 is 11.1 Å². The van der Waals surface area contributed by atoms with E-state index in [1.165, 1.54) is 19.2 Å². The molecule has 1 amide bonds. The number of carbonyl (C=O) groups excluding carboxylic acids is 2. The number of nitrogens with two attached hydrogens (primary N) is 1. The molecular formula is C15H22N4O5S. The number of hydrogen-bond donors (Lipinski definition) is 3. The Morgan fingerprint density at radius 1 is 1.48 bits per heavy atom. The van der Waals surface area contributed by atoms with Crippen LogP contribution in [0.3, 0.4) is 0 Å². The number of carbonyl (C=O) groups is 2. The maximum atomic E-state index is 12.6. The highest BCUT2D eigenvalue weighted by atomic mass is 32.2. The van der Waals surface area contributed by atoms with Crippen molar-refractivity contribution >= 4 is 21.7 Å². The number of aromatic nitrogens is 1. The van der Waals surface area contributed by atoms with Crippen LogP contribution in [0.25, 0.3) is 0 Å². The van der Waals surface area contributed by atoms with Crippen molar-refractivity contribution in [3.05, 3.63) is 24.4 Å². The third kappa shape index (κ3) is 4.60. The van der Waals surface area contributed by atoms with Gasteiger partial charge in [0, 0.05) is 12.7 Å². The molecule has 1 aliphatic heterocycles. The molecule has 2 rings (SSSR count). The lowest BCUT2D eigenvalue weighted by Gasteiger charge is -2.21. The fraction of sp³-hybridized carbons (Fsp3) is 0.533. The molecule has 0 aromatic carbocycles.